The van der Waals surface area contributed by atoms with E-state index in [1.54, 1.807) is 6.92 Å². The van der Waals surface area contributed by atoms with Gasteiger partial charge >= 0.3 is 0 Å². The fourth-order valence-electron chi connectivity index (χ4n) is 1.54. The third kappa shape index (κ3) is 3.57. The molecule has 0 aliphatic rings. The van der Waals surface area contributed by atoms with Gasteiger partial charge in [0.25, 0.3) is 0 Å². The highest BCUT2D eigenvalue weighted by Gasteiger charge is 2.32. The molecule has 1 aromatic rings. The molecule has 19 heavy (non-hydrogen) atoms. The standard InChI is InChI=1S/C11H13ClFN5O/c1-11(10(14)19,16-4-5-17-18-15)7-2-3-9(13)8(12)6-7/h2-3,6,16H,4-5H2,1H3,(H2,14,19). The van der Waals surface area contributed by atoms with E-state index < -0.39 is 17.3 Å². The molecule has 8 heteroatoms. The second-order valence-electron chi connectivity index (χ2n) is 4.00. The maximum Gasteiger partial charge on any atom is 0.242 e. The molecule has 0 saturated heterocycles. The van der Waals surface area contributed by atoms with E-state index >= 15 is 0 Å². The van der Waals surface area contributed by atoms with Crippen LogP contribution in [0.25, 0.3) is 10.4 Å². The Bertz CT molecular complexity index is 532. The van der Waals surface area contributed by atoms with Crippen molar-refractivity contribution in [1.82, 2.24) is 5.32 Å². The number of halogens is 2. The lowest BCUT2D eigenvalue weighted by Gasteiger charge is -2.28. The number of nitrogens with two attached hydrogens (primary N) is 1. The van der Waals surface area contributed by atoms with Crippen molar-refractivity contribution in [3.05, 3.63) is 45.0 Å². The van der Waals surface area contributed by atoms with Crippen molar-refractivity contribution in [2.45, 2.75) is 12.5 Å². The van der Waals surface area contributed by atoms with E-state index in [2.05, 4.69) is 15.3 Å². The van der Waals surface area contributed by atoms with Crippen molar-refractivity contribution in [2.75, 3.05) is 13.1 Å². The largest absolute Gasteiger partial charge is 0.368 e. The average molecular weight is 286 g/mol. The maximum atomic E-state index is 13.1. The minimum Gasteiger partial charge on any atom is -0.368 e. The van der Waals surface area contributed by atoms with Crippen LogP contribution in [0.15, 0.2) is 23.3 Å². The molecule has 0 fully saturated rings. The molecule has 1 atom stereocenters. The number of carbonyl (C=O) groups is 1. The minimum atomic E-state index is -1.22. The summed E-state index contributed by atoms with van der Waals surface area (Å²) in [4.78, 5) is 14.2. The van der Waals surface area contributed by atoms with Crippen molar-refractivity contribution in [3.63, 3.8) is 0 Å². The summed E-state index contributed by atoms with van der Waals surface area (Å²) in [5.74, 6) is -1.22. The van der Waals surface area contributed by atoms with Crippen molar-refractivity contribution in [1.29, 1.82) is 0 Å². The zero-order valence-corrected chi connectivity index (χ0v) is 11.0. The number of rotatable bonds is 6. The Morgan fingerprint density at radius 3 is 2.89 bits per heavy atom. The molecule has 0 aromatic heterocycles. The van der Waals surface area contributed by atoms with Crippen LogP contribution < -0.4 is 11.1 Å². The fraction of sp³-hybridized carbons (Fsp3) is 0.364. The summed E-state index contributed by atoms with van der Waals surface area (Å²) in [6.07, 6.45) is 0. The van der Waals surface area contributed by atoms with Crippen LogP contribution in [0.3, 0.4) is 0 Å². The highest BCUT2D eigenvalue weighted by Crippen LogP contribution is 2.25. The van der Waals surface area contributed by atoms with Crippen LogP contribution >= 0.6 is 11.6 Å². The lowest BCUT2D eigenvalue weighted by Crippen LogP contribution is -2.51. The Labute approximate surface area is 114 Å². The van der Waals surface area contributed by atoms with Crippen molar-refractivity contribution < 1.29 is 9.18 Å². The van der Waals surface area contributed by atoms with E-state index in [0.717, 1.165) is 6.07 Å². The second kappa shape index (κ2) is 6.38. The molecule has 0 aliphatic carbocycles. The first kappa shape index (κ1) is 15.2. The number of nitrogens with one attached hydrogen (secondary N) is 1. The molecule has 0 heterocycles. The molecule has 3 N–H and O–H groups in total. The van der Waals surface area contributed by atoms with Gasteiger partial charge in [-0.25, -0.2) is 4.39 Å². The molecule has 1 unspecified atom stereocenters. The third-order valence-electron chi connectivity index (χ3n) is 2.74. The van der Waals surface area contributed by atoms with Crippen LogP contribution in [0, 0.1) is 5.82 Å². The first-order chi connectivity index (χ1) is 8.91. The lowest BCUT2D eigenvalue weighted by atomic mass is 9.91. The fourth-order valence-corrected chi connectivity index (χ4v) is 1.72. The van der Waals surface area contributed by atoms with E-state index in [0.29, 0.717) is 5.56 Å². The van der Waals surface area contributed by atoms with E-state index in [4.69, 9.17) is 22.9 Å². The topological polar surface area (TPSA) is 104 Å². The summed E-state index contributed by atoms with van der Waals surface area (Å²) in [5.41, 5.74) is 12.8. The molecular weight excluding hydrogens is 273 g/mol. The smallest absolute Gasteiger partial charge is 0.242 e. The first-order valence-corrected chi connectivity index (χ1v) is 5.81. The molecule has 0 radical (unpaired) electrons. The van der Waals surface area contributed by atoms with Crippen molar-refractivity contribution >= 4 is 17.5 Å². The Balaban J connectivity index is 3.00. The highest BCUT2D eigenvalue weighted by molar-refractivity contribution is 6.30. The van der Waals surface area contributed by atoms with Gasteiger partial charge in [0.15, 0.2) is 0 Å². The Morgan fingerprint density at radius 2 is 2.37 bits per heavy atom. The van der Waals surface area contributed by atoms with Gasteiger partial charge in [0.05, 0.1) is 5.02 Å². The first-order valence-electron chi connectivity index (χ1n) is 5.43. The van der Waals surface area contributed by atoms with Gasteiger partial charge in [0, 0.05) is 18.0 Å². The van der Waals surface area contributed by atoms with E-state index in [9.17, 15) is 9.18 Å². The van der Waals surface area contributed by atoms with Gasteiger partial charge in [-0.3, -0.25) is 10.1 Å². The molecule has 6 nitrogen and oxygen atoms in total. The number of amides is 1. The summed E-state index contributed by atoms with van der Waals surface area (Å²) >= 11 is 5.69. The molecule has 0 saturated carbocycles. The van der Waals surface area contributed by atoms with Crippen LogP contribution in [0.2, 0.25) is 5.02 Å². The summed E-state index contributed by atoms with van der Waals surface area (Å²) in [7, 11) is 0. The number of hydrogen-bond acceptors (Lipinski definition) is 3. The van der Waals surface area contributed by atoms with Gasteiger partial charge in [-0.2, -0.15) is 0 Å². The maximum absolute atomic E-state index is 13.1. The van der Waals surface area contributed by atoms with Gasteiger partial charge in [-0.05, 0) is 30.2 Å². The van der Waals surface area contributed by atoms with E-state index in [-0.39, 0.29) is 18.1 Å². The van der Waals surface area contributed by atoms with Gasteiger partial charge in [-0.1, -0.05) is 22.8 Å². The predicted octanol–water partition coefficient (Wildman–Crippen LogP) is 2.08. The van der Waals surface area contributed by atoms with Crippen molar-refractivity contribution in [3.8, 4) is 0 Å². The Morgan fingerprint density at radius 1 is 1.68 bits per heavy atom. The molecule has 0 spiro atoms. The molecule has 102 valence electrons. The zero-order valence-electron chi connectivity index (χ0n) is 10.2. The number of hydrogen-bond donors (Lipinski definition) is 2. The Hall–Kier alpha value is -1.82. The van der Waals surface area contributed by atoms with Crippen LogP contribution in [0.4, 0.5) is 4.39 Å². The number of nitrogens with zero attached hydrogens (tertiary/aromatic N) is 3. The summed E-state index contributed by atoms with van der Waals surface area (Å²) < 4.78 is 13.1. The SMILES string of the molecule is CC(NCCN=[N+]=[N-])(C(N)=O)c1ccc(F)c(Cl)c1. The van der Waals surface area contributed by atoms with Crippen LogP contribution in [0.5, 0.6) is 0 Å². The lowest BCUT2D eigenvalue weighted by molar-refractivity contribution is -0.124. The molecule has 0 bridgehead atoms. The quantitative estimate of drug-likeness (QED) is 0.361. The third-order valence-corrected chi connectivity index (χ3v) is 3.03. The number of carbonyl (C=O) groups excluding carboxylic acids is 1. The van der Waals surface area contributed by atoms with E-state index in [1.165, 1.54) is 12.1 Å². The predicted molar refractivity (Wildman–Crippen MR) is 70.0 cm³/mol. The van der Waals surface area contributed by atoms with Crippen LogP contribution in [-0.4, -0.2) is 19.0 Å². The van der Waals surface area contributed by atoms with Gasteiger partial charge < -0.3 is 5.73 Å². The summed E-state index contributed by atoms with van der Waals surface area (Å²) in [5, 5.41) is 6.12. The number of primary amides is 1. The van der Waals surface area contributed by atoms with Crippen LogP contribution in [0.1, 0.15) is 12.5 Å². The monoisotopic (exact) mass is 285 g/mol. The number of benzene rings is 1. The van der Waals surface area contributed by atoms with Gasteiger partial charge in [-0.15, -0.1) is 0 Å². The normalized spacial score (nSPS) is 13.4. The zero-order chi connectivity index (χ0) is 14.5. The van der Waals surface area contributed by atoms with Crippen molar-refractivity contribution in [2.24, 2.45) is 10.8 Å². The second-order valence-corrected chi connectivity index (χ2v) is 4.41. The molecule has 1 amide bonds. The van der Waals surface area contributed by atoms with Gasteiger partial charge in [0.2, 0.25) is 5.91 Å². The Kier molecular flexibility index (Phi) is 5.11. The average Bonchev–Trinajstić information content (AvgIpc) is 2.37. The molecular formula is C11H13ClFN5O. The van der Waals surface area contributed by atoms with Gasteiger partial charge in [0.1, 0.15) is 11.4 Å². The van der Waals surface area contributed by atoms with E-state index in [1.807, 2.05) is 0 Å². The minimum absolute atomic E-state index is 0.0955. The summed E-state index contributed by atoms with van der Waals surface area (Å²) in [6, 6.07) is 3.92. The highest BCUT2D eigenvalue weighted by atomic mass is 35.5. The molecule has 0 aliphatic heterocycles. The molecule has 1 rings (SSSR count). The number of azide groups is 1. The molecule has 1 aromatic carbocycles. The van der Waals surface area contributed by atoms with Crippen LogP contribution in [-0.2, 0) is 10.3 Å². The summed E-state index contributed by atoms with van der Waals surface area (Å²) in [6.45, 7) is 1.96.